The van der Waals surface area contributed by atoms with Crippen molar-refractivity contribution in [2.24, 2.45) is 22.7 Å². The van der Waals surface area contributed by atoms with E-state index in [0.29, 0.717) is 62.0 Å². The molecule has 5 aliphatic rings. The maximum absolute atomic E-state index is 14.2. The number of aromatic nitrogens is 1. The Morgan fingerprint density at radius 2 is 1.54 bits per heavy atom. The van der Waals surface area contributed by atoms with Crippen LogP contribution >= 0.6 is 11.3 Å². The first-order valence-electron chi connectivity index (χ1n) is 19.9. The van der Waals surface area contributed by atoms with Crippen LogP contribution in [0, 0.1) is 17.8 Å². The standard InChI is InChI=1S/C45H49N3O7S/c1-5-52-35-15-9-32(10-16-35)41-40(43(51)54-7-3)27(4)46-44-48(41)42(50)38(56-44)22-28-8-17-36(37(21-28)53-6-2)55-26-39(49)47-34-13-11-33(12-14-34)45-23-29-18-30(24-45)20-31(19-29)25-45/h8-17,21-22,29-31,41H,5-7,18-20,23-26H2,1-4H3,(H,47,49)/b38-22+/t29?,30?,31?,41-,45?/m0/s1. The van der Waals surface area contributed by atoms with Crippen LogP contribution in [0.1, 0.15) is 89.0 Å². The maximum atomic E-state index is 14.2. The zero-order valence-electron chi connectivity index (χ0n) is 32.5. The number of allylic oxidation sites excluding steroid dienone is 1. The van der Waals surface area contributed by atoms with E-state index in [0.717, 1.165) is 29.0 Å². The van der Waals surface area contributed by atoms with E-state index in [-0.39, 0.29) is 24.7 Å². The van der Waals surface area contributed by atoms with E-state index in [1.54, 1.807) is 36.6 Å². The van der Waals surface area contributed by atoms with Gasteiger partial charge in [-0.25, -0.2) is 9.79 Å². The molecular formula is C45H49N3O7S. The SMILES string of the molecule is CCOC(=O)C1=C(C)N=c2s/c(=C/c3ccc(OCC(=O)Nc4ccc(C56CC7CC(CC(C7)C5)C6)cc4)c(OCC)c3)c(=O)n2[C@H]1c1ccc(OCC)cc1. The largest absolute Gasteiger partial charge is 0.494 e. The molecule has 0 saturated heterocycles. The average molecular weight is 776 g/mol. The lowest BCUT2D eigenvalue weighted by Crippen LogP contribution is -2.48. The molecule has 4 saturated carbocycles. The Labute approximate surface area is 330 Å². The van der Waals surface area contributed by atoms with Crippen LogP contribution in [-0.4, -0.2) is 42.9 Å². The van der Waals surface area contributed by atoms with E-state index in [4.69, 9.17) is 18.9 Å². The zero-order chi connectivity index (χ0) is 39.0. The monoisotopic (exact) mass is 775 g/mol. The molecular weight excluding hydrogens is 727 g/mol. The molecule has 10 nitrogen and oxygen atoms in total. The number of nitrogens with one attached hydrogen (secondary N) is 1. The van der Waals surface area contributed by atoms with Crippen LogP contribution in [0.4, 0.5) is 5.69 Å². The van der Waals surface area contributed by atoms with Crippen molar-refractivity contribution < 1.29 is 28.5 Å². The summed E-state index contributed by atoms with van der Waals surface area (Å²) in [5, 5.41) is 2.99. The quantitative estimate of drug-likeness (QED) is 0.144. The zero-order valence-corrected chi connectivity index (χ0v) is 33.3. The highest BCUT2D eigenvalue weighted by Crippen LogP contribution is 2.60. The molecule has 0 radical (unpaired) electrons. The van der Waals surface area contributed by atoms with Gasteiger partial charge in [0.2, 0.25) is 0 Å². The molecule has 4 bridgehead atoms. The lowest BCUT2D eigenvalue weighted by Gasteiger charge is -2.57. The van der Waals surface area contributed by atoms with Gasteiger partial charge in [-0.05, 0) is 149 Å². The van der Waals surface area contributed by atoms with Gasteiger partial charge in [0.1, 0.15) is 5.75 Å². The first-order valence-corrected chi connectivity index (χ1v) is 20.7. The second-order valence-electron chi connectivity index (χ2n) is 15.6. The molecule has 4 fully saturated rings. The summed E-state index contributed by atoms with van der Waals surface area (Å²) in [4.78, 5) is 45.6. The van der Waals surface area contributed by atoms with Crippen molar-refractivity contribution >= 4 is 35.0 Å². The Balaban J connectivity index is 0.994. The minimum absolute atomic E-state index is 0.192. The first kappa shape index (κ1) is 37.7. The van der Waals surface area contributed by atoms with Gasteiger partial charge in [-0.3, -0.25) is 14.2 Å². The van der Waals surface area contributed by atoms with Crippen molar-refractivity contribution in [2.75, 3.05) is 31.7 Å². The van der Waals surface area contributed by atoms with Gasteiger partial charge in [0.25, 0.3) is 11.5 Å². The number of carbonyl (C=O) groups is 2. The van der Waals surface area contributed by atoms with E-state index in [9.17, 15) is 14.4 Å². The number of esters is 1. The molecule has 4 aromatic rings. The molecule has 4 aliphatic carbocycles. The fourth-order valence-electron chi connectivity index (χ4n) is 9.88. The third kappa shape index (κ3) is 7.41. The van der Waals surface area contributed by atoms with Gasteiger partial charge in [0, 0.05) is 5.69 Å². The van der Waals surface area contributed by atoms with Gasteiger partial charge in [0.05, 0.1) is 41.7 Å². The summed E-state index contributed by atoms with van der Waals surface area (Å²) in [5.41, 5.74) is 4.44. The molecule has 11 heteroatoms. The van der Waals surface area contributed by atoms with Crippen LogP contribution in [0.15, 0.2) is 87.8 Å². The number of hydrogen-bond donors (Lipinski definition) is 1. The highest BCUT2D eigenvalue weighted by molar-refractivity contribution is 7.07. The van der Waals surface area contributed by atoms with Crippen LogP contribution in [0.5, 0.6) is 17.2 Å². The summed E-state index contributed by atoms with van der Waals surface area (Å²) in [6.45, 7) is 8.19. The maximum Gasteiger partial charge on any atom is 0.338 e. The normalized spacial score (nSPS) is 23.7. The third-order valence-electron chi connectivity index (χ3n) is 11.8. The fourth-order valence-corrected chi connectivity index (χ4v) is 10.9. The van der Waals surface area contributed by atoms with Crippen molar-refractivity contribution in [1.29, 1.82) is 0 Å². The minimum Gasteiger partial charge on any atom is -0.494 e. The van der Waals surface area contributed by atoms with Gasteiger partial charge >= 0.3 is 5.97 Å². The van der Waals surface area contributed by atoms with E-state index in [1.807, 2.05) is 56.3 Å². The summed E-state index contributed by atoms with van der Waals surface area (Å²) >= 11 is 1.24. The van der Waals surface area contributed by atoms with Crippen LogP contribution < -0.4 is 34.4 Å². The number of fused-ring (bicyclic) bond motifs is 1. The Bertz CT molecular complexity index is 2310. The average Bonchev–Trinajstić information content (AvgIpc) is 3.47. The van der Waals surface area contributed by atoms with Gasteiger partial charge in [0.15, 0.2) is 22.9 Å². The van der Waals surface area contributed by atoms with Crippen molar-refractivity contribution in [1.82, 2.24) is 4.57 Å². The minimum atomic E-state index is -0.733. The van der Waals surface area contributed by atoms with Crippen molar-refractivity contribution in [3.05, 3.63) is 114 Å². The van der Waals surface area contributed by atoms with Gasteiger partial charge in [-0.2, -0.15) is 0 Å². The number of ether oxygens (including phenoxy) is 4. The molecule has 1 aromatic heterocycles. The van der Waals surface area contributed by atoms with Crippen molar-refractivity contribution in [2.45, 2.75) is 77.7 Å². The number of amides is 1. The summed E-state index contributed by atoms with van der Waals surface area (Å²) in [6, 6.07) is 20.5. The summed E-state index contributed by atoms with van der Waals surface area (Å²) in [6.07, 6.45) is 9.93. The predicted molar refractivity (Wildman–Crippen MR) is 216 cm³/mol. The van der Waals surface area contributed by atoms with E-state index < -0.39 is 12.0 Å². The fraction of sp³-hybridized carbons (Fsp3) is 0.422. The Kier molecular flexibility index (Phi) is 10.6. The van der Waals surface area contributed by atoms with Crippen molar-refractivity contribution in [3.63, 3.8) is 0 Å². The first-order chi connectivity index (χ1) is 27.2. The Hall–Kier alpha value is -5.16. The summed E-state index contributed by atoms with van der Waals surface area (Å²) in [7, 11) is 0. The number of nitrogens with zero attached hydrogens (tertiary/aromatic N) is 2. The smallest absolute Gasteiger partial charge is 0.338 e. The number of hydrogen-bond acceptors (Lipinski definition) is 9. The lowest BCUT2D eigenvalue weighted by atomic mass is 9.48. The summed E-state index contributed by atoms with van der Waals surface area (Å²) < 4.78 is 24.9. The van der Waals surface area contributed by atoms with Gasteiger partial charge < -0.3 is 24.3 Å². The molecule has 3 aromatic carbocycles. The second kappa shape index (κ2) is 15.8. The molecule has 0 spiro atoms. The van der Waals surface area contributed by atoms with Crippen LogP contribution in [0.2, 0.25) is 0 Å². The molecule has 2 heterocycles. The number of benzene rings is 3. The molecule has 9 rings (SSSR count). The van der Waals surface area contributed by atoms with Gasteiger partial charge in [-0.1, -0.05) is 41.7 Å². The molecule has 1 N–H and O–H groups in total. The van der Waals surface area contributed by atoms with Crippen molar-refractivity contribution in [3.8, 4) is 17.2 Å². The number of thiazole rings is 1. The van der Waals surface area contributed by atoms with Crippen LogP contribution in [0.25, 0.3) is 6.08 Å². The Morgan fingerprint density at radius 1 is 0.857 bits per heavy atom. The summed E-state index contributed by atoms with van der Waals surface area (Å²) in [5.74, 6) is 3.42. The van der Waals surface area contributed by atoms with E-state index in [1.165, 1.54) is 55.4 Å². The lowest BCUT2D eigenvalue weighted by molar-refractivity contribution is -0.139. The second-order valence-corrected chi connectivity index (χ2v) is 16.6. The predicted octanol–water partition coefficient (Wildman–Crippen LogP) is 7.08. The third-order valence-corrected chi connectivity index (χ3v) is 12.8. The molecule has 292 valence electrons. The topological polar surface area (TPSA) is 117 Å². The highest BCUT2D eigenvalue weighted by Gasteiger charge is 2.51. The molecule has 1 amide bonds. The number of anilines is 1. The molecule has 56 heavy (non-hydrogen) atoms. The molecule has 1 atom stereocenters. The van der Waals surface area contributed by atoms with Crippen LogP contribution in [-0.2, 0) is 19.7 Å². The highest BCUT2D eigenvalue weighted by atomic mass is 32.1. The number of rotatable bonds is 13. The Morgan fingerprint density at radius 3 is 2.18 bits per heavy atom. The van der Waals surface area contributed by atoms with Crippen LogP contribution in [0.3, 0.4) is 0 Å². The van der Waals surface area contributed by atoms with E-state index in [2.05, 4.69) is 22.4 Å². The van der Waals surface area contributed by atoms with E-state index >= 15 is 0 Å². The molecule has 1 aliphatic heterocycles. The number of carbonyl (C=O) groups excluding carboxylic acids is 2. The molecule has 0 unspecified atom stereocenters. The van der Waals surface area contributed by atoms with Gasteiger partial charge in [-0.15, -0.1) is 0 Å².